The Morgan fingerprint density at radius 1 is 1.64 bits per heavy atom. The highest BCUT2D eigenvalue weighted by Crippen LogP contribution is 2.28. The van der Waals surface area contributed by atoms with E-state index in [-0.39, 0.29) is 4.83 Å². The molecule has 0 bridgehead atoms. The molecule has 1 unspecified atom stereocenters. The Balaban J connectivity index is 3.02. The van der Waals surface area contributed by atoms with Gasteiger partial charge in [0.05, 0.1) is 10.7 Å². The summed E-state index contributed by atoms with van der Waals surface area (Å²) in [5.74, 6) is 0. The summed E-state index contributed by atoms with van der Waals surface area (Å²) < 4.78 is 0. The third kappa shape index (κ3) is 1.87. The van der Waals surface area contributed by atoms with Gasteiger partial charge >= 0.3 is 0 Å². The lowest BCUT2D eigenvalue weighted by atomic mass is 10.3. The molecule has 0 saturated carbocycles. The van der Waals surface area contributed by atoms with E-state index < -0.39 is 0 Å². The molecule has 0 N–H and O–H groups in total. The average Bonchev–Trinajstić information content (AvgIpc) is 2.28. The Morgan fingerprint density at radius 2 is 2.27 bits per heavy atom. The van der Waals surface area contributed by atoms with Crippen LogP contribution in [-0.4, -0.2) is 11.3 Å². The number of rotatable bonds is 2. The van der Waals surface area contributed by atoms with E-state index in [1.807, 2.05) is 13.8 Å². The van der Waals surface area contributed by atoms with Gasteiger partial charge in [0.2, 0.25) is 0 Å². The van der Waals surface area contributed by atoms with Gasteiger partial charge in [-0.3, -0.25) is 0 Å². The highest BCUT2D eigenvalue weighted by molar-refractivity contribution is 9.09. The third-order valence-corrected chi connectivity index (χ3v) is 3.44. The largest absolute Gasteiger partial charge is 0.302 e. The number of alkyl halides is 1. The highest BCUT2D eigenvalue weighted by Gasteiger charge is 2.12. The predicted molar refractivity (Wildman–Crippen MR) is 49.3 cm³/mol. The molecule has 11 heavy (non-hydrogen) atoms. The van der Waals surface area contributed by atoms with Gasteiger partial charge in [-0.25, -0.2) is 4.98 Å². The number of aromatic nitrogens is 1. The predicted octanol–water partition coefficient (Wildman–Crippen LogP) is 2.39. The number of carbonyl (C=O) groups excluding carboxylic acids is 1. The first-order chi connectivity index (χ1) is 5.15. The summed E-state index contributed by atoms with van der Waals surface area (Å²) in [5, 5.41) is 1.00. The Kier molecular flexibility index (Phi) is 2.78. The van der Waals surface area contributed by atoms with Gasteiger partial charge < -0.3 is 4.79 Å². The lowest BCUT2D eigenvalue weighted by molar-refractivity contribution is -0.107. The first-order valence-corrected chi connectivity index (χ1v) is 4.91. The van der Waals surface area contributed by atoms with Crippen molar-refractivity contribution in [2.24, 2.45) is 0 Å². The zero-order valence-electron chi connectivity index (χ0n) is 6.30. The number of halogens is 1. The fourth-order valence-electron chi connectivity index (χ4n) is 0.865. The molecule has 1 heterocycles. The van der Waals surface area contributed by atoms with E-state index in [0.717, 1.165) is 21.9 Å². The molecule has 0 spiro atoms. The molecule has 1 rings (SSSR count). The molecule has 0 radical (unpaired) electrons. The molecular weight excluding hydrogens is 226 g/mol. The molecule has 1 aromatic heterocycles. The molecule has 1 aromatic rings. The van der Waals surface area contributed by atoms with E-state index in [1.54, 1.807) is 11.3 Å². The van der Waals surface area contributed by atoms with Crippen molar-refractivity contribution in [3.63, 3.8) is 0 Å². The van der Waals surface area contributed by atoms with Crippen molar-refractivity contribution in [3.8, 4) is 0 Å². The van der Waals surface area contributed by atoms with Gasteiger partial charge in [-0.05, 0) is 13.8 Å². The molecule has 0 amide bonds. The van der Waals surface area contributed by atoms with Crippen LogP contribution in [0.5, 0.6) is 0 Å². The van der Waals surface area contributed by atoms with Gasteiger partial charge in [0.25, 0.3) is 0 Å². The normalized spacial score (nSPS) is 13.0. The first kappa shape index (κ1) is 8.87. The van der Waals surface area contributed by atoms with Crippen molar-refractivity contribution >= 4 is 33.6 Å². The van der Waals surface area contributed by atoms with E-state index in [0.29, 0.717) is 0 Å². The molecule has 0 aliphatic rings. The van der Waals surface area contributed by atoms with Gasteiger partial charge in [0.1, 0.15) is 11.1 Å². The number of aldehydes is 1. The highest BCUT2D eigenvalue weighted by atomic mass is 79.9. The van der Waals surface area contributed by atoms with Gasteiger partial charge in [-0.2, -0.15) is 0 Å². The molecule has 0 aliphatic heterocycles. The summed E-state index contributed by atoms with van der Waals surface area (Å²) in [6, 6.07) is 0. The van der Waals surface area contributed by atoms with Crippen molar-refractivity contribution in [1.29, 1.82) is 0 Å². The third-order valence-electron chi connectivity index (χ3n) is 1.31. The molecule has 60 valence electrons. The van der Waals surface area contributed by atoms with Crippen LogP contribution in [0.15, 0.2) is 0 Å². The SMILES string of the molecule is Cc1nc(C)c(C(Br)C=O)s1. The zero-order chi connectivity index (χ0) is 8.43. The number of aryl methyl sites for hydroxylation is 2. The van der Waals surface area contributed by atoms with Crippen LogP contribution in [0.4, 0.5) is 0 Å². The molecule has 0 aromatic carbocycles. The fraction of sp³-hybridized carbons (Fsp3) is 0.429. The van der Waals surface area contributed by atoms with Crippen LogP contribution >= 0.6 is 27.3 Å². The summed E-state index contributed by atoms with van der Waals surface area (Å²) in [6.07, 6.45) is 0.875. The quantitative estimate of drug-likeness (QED) is 0.581. The van der Waals surface area contributed by atoms with Crippen molar-refractivity contribution in [3.05, 3.63) is 15.6 Å². The van der Waals surface area contributed by atoms with Crippen LogP contribution in [0.2, 0.25) is 0 Å². The standard InChI is InChI=1S/C7H8BrNOS/c1-4-7(6(8)3-10)11-5(2)9-4/h3,6H,1-2H3. The maximum atomic E-state index is 10.4. The number of nitrogens with zero attached hydrogens (tertiary/aromatic N) is 1. The molecule has 4 heteroatoms. The lowest BCUT2D eigenvalue weighted by Crippen LogP contribution is -1.88. The number of carbonyl (C=O) groups is 1. The average molecular weight is 234 g/mol. The van der Waals surface area contributed by atoms with Crippen molar-refractivity contribution in [1.82, 2.24) is 4.98 Å². The van der Waals surface area contributed by atoms with Crippen molar-refractivity contribution in [2.75, 3.05) is 0 Å². The van der Waals surface area contributed by atoms with E-state index in [1.165, 1.54) is 0 Å². The summed E-state index contributed by atoms with van der Waals surface area (Å²) in [5.41, 5.74) is 0.946. The molecular formula is C7H8BrNOS. The summed E-state index contributed by atoms with van der Waals surface area (Å²) in [7, 11) is 0. The second kappa shape index (κ2) is 3.45. The van der Waals surface area contributed by atoms with Crippen LogP contribution in [0.3, 0.4) is 0 Å². The second-order valence-corrected chi connectivity index (χ2v) is 4.44. The van der Waals surface area contributed by atoms with E-state index in [2.05, 4.69) is 20.9 Å². The molecule has 0 saturated heterocycles. The van der Waals surface area contributed by atoms with E-state index in [4.69, 9.17) is 0 Å². The Hall–Kier alpha value is -0.220. The van der Waals surface area contributed by atoms with Crippen LogP contribution in [-0.2, 0) is 4.79 Å². The van der Waals surface area contributed by atoms with Crippen LogP contribution in [0.1, 0.15) is 20.4 Å². The summed E-state index contributed by atoms with van der Waals surface area (Å²) in [6.45, 7) is 3.85. The summed E-state index contributed by atoms with van der Waals surface area (Å²) in [4.78, 5) is 15.4. The van der Waals surface area contributed by atoms with Crippen LogP contribution < -0.4 is 0 Å². The maximum absolute atomic E-state index is 10.4. The Morgan fingerprint density at radius 3 is 2.64 bits per heavy atom. The van der Waals surface area contributed by atoms with Crippen LogP contribution in [0.25, 0.3) is 0 Å². The zero-order valence-corrected chi connectivity index (χ0v) is 8.70. The van der Waals surface area contributed by atoms with Gasteiger partial charge in [0, 0.05) is 4.88 Å². The molecule has 0 aliphatic carbocycles. The second-order valence-electron chi connectivity index (χ2n) is 2.22. The topological polar surface area (TPSA) is 30.0 Å². The van der Waals surface area contributed by atoms with Crippen molar-refractivity contribution in [2.45, 2.75) is 18.7 Å². The smallest absolute Gasteiger partial charge is 0.138 e. The van der Waals surface area contributed by atoms with Gasteiger partial charge in [-0.15, -0.1) is 11.3 Å². The first-order valence-electron chi connectivity index (χ1n) is 3.18. The van der Waals surface area contributed by atoms with Crippen LogP contribution in [0, 0.1) is 13.8 Å². The van der Waals surface area contributed by atoms with E-state index in [9.17, 15) is 4.79 Å². The van der Waals surface area contributed by atoms with Crippen molar-refractivity contribution < 1.29 is 4.79 Å². The van der Waals surface area contributed by atoms with E-state index >= 15 is 0 Å². The maximum Gasteiger partial charge on any atom is 0.138 e. The summed E-state index contributed by atoms with van der Waals surface area (Å²) >= 11 is 4.81. The fourth-order valence-corrected chi connectivity index (χ4v) is 2.34. The number of hydrogen-bond acceptors (Lipinski definition) is 3. The Bertz CT molecular complexity index is 271. The molecule has 1 atom stereocenters. The minimum atomic E-state index is -0.186. The number of hydrogen-bond donors (Lipinski definition) is 0. The molecule has 0 fully saturated rings. The Labute approximate surface area is 77.8 Å². The van der Waals surface area contributed by atoms with Gasteiger partial charge in [0.15, 0.2) is 0 Å². The monoisotopic (exact) mass is 233 g/mol. The lowest BCUT2D eigenvalue weighted by Gasteiger charge is -1.96. The minimum absolute atomic E-state index is 0.186. The molecule has 2 nitrogen and oxygen atoms in total. The number of thiazole rings is 1. The minimum Gasteiger partial charge on any atom is -0.302 e. The van der Waals surface area contributed by atoms with Gasteiger partial charge in [-0.1, -0.05) is 15.9 Å².